The Hall–Kier alpha value is -1.03. The summed E-state index contributed by atoms with van der Waals surface area (Å²) in [5.41, 5.74) is 9.27. The number of benzene rings is 2. The molecule has 2 aromatic carbocycles. The first-order chi connectivity index (χ1) is 9.97. The second kappa shape index (κ2) is 7.30. The van der Waals surface area contributed by atoms with Crippen LogP contribution in [0.1, 0.15) is 18.1 Å². The highest BCUT2D eigenvalue weighted by atomic mass is 79.9. The van der Waals surface area contributed by atoms with Gasteiger partial charge in [0.25, 0.3) is 0 Å². The van der Waals surface area contributed by atoms with E-state index in [4.69, 9.17) is 17.3 Å². The third-order valence-electron chi connectivity index (χ3n) is 3.35. The van der Waals surface area contributed by atoms with Crippen LogP contribution >= 0.6 is 27.5 Å². The third kappa shape index (κ3) is 4.47. The molecule has 0 bridgehead atoms. The molecule has 0 aliphatic heterocycles. The maximum atomic E-state index is 6.42. The zero-order chi connectivity index (χ0) is 15.4. The standard InChI is InChI=1S/C17H20BrClN2/c1-12(20)9-13-7-8-17(16(19)10-13)21(2)11-14-5-3-4-6-15(14)18/h3-8,10,12H,9,11,20H2,1-2H3. The summed E-state index contributed by atoms with van der Waals surface area (Å²) in [6.07, 6.45) is 0.841. The molecular weight excluding hydrogens is 348 g/mol. The zero-order valence-electron chi connectivity index (χ0n) is 12.3. The second-order valence-corrected chi connectivity index (χ2v) is 6.68. The lowest BCUT2D eigenvalue weighted by atomic mass is 10.1. The highest BCUT2D eigenvalue weighted by Gasteiger charge is 2.10. The molecule has 0 saturated carbocycles. The van der Waals surface area contributed by atoms with Crippen molar-refractivity contribution in [2.45, 2.75) is 25.9 Å². The van der Waals surface area contributed by atoms with Crippen molar-refractivity contribution in [3.63, 3.8) is 0 Å². The van der Waals surface area contributed by atoms with Gasteiger partial charge in [-0.1, -0.05) is 51.8 Å². The maximum absolute atomic E-state index is 6.42. The van der Waals surface area contributed by atoms with Gasteiger partial charge in [-0.15, -0.1) is 0 Å². The van der Waals surface area contributed by atoms with Gasteiger partial charge in [-0.3, -0.25) is 0 Å². The summed E-state index contributed by atoms with van der Waals surface area (Å²) in [5.74, 6) is 0. The average Bonchev–Trinajstić information content (AvgIpc) is 2.40. The lowest BCUT2D eigenvalue weighted by Crippen LogP contribution is -2.19. The number of rotatable bonds is 5. The monoisotopic (exact) mass is 366 g/mol. The van der Waals surface area contributed by atoms with Crippen LogP contribution in [-0.2, 0) is 13.0 Å². The molecule has 1 atom stereocenters. The van der Waals surface area contributed by atoms with E-state index in [0.717, 1.165) is 28.1 Å². The molecule has 0 amide bonds. The zero-order valence-corrected chi connectivity index (χ0v) is 14.7. The van der Waals surface area contributed by atoms with Crippen molar-refractivity contribution in [1.29, 1.82) is 0 Å². The van der Waals surface area contributed by atoms with Crippen LogP contribution in [0.5, 0.6) is 0 Å². The van der Waals surface area contributed by atoms with Crippen LogP contribution in [0.25, 0.3) is 0 Å². The van der Waals surface area contributed by atoms with Crippen LogP contribution in [0.3, 0.4) is 0 Å². The van der Waals surface area contributed by atoms with Gasteiger partial charge in [0.15, 0.2) is 0 Å². The second-order valence-electron chi connectivity index (χ2n) is 5.41. The van der Waals surface area contributed by atoms with E-state index in [2.05, 4.69) is 45.1 Å². The topological polar surface area (TPSA) is 29.3 Å². The van der Waals surface area contributed by atoms with E-state index in [-0.39, 0.29) is 6.04 Å². The first-order valence-electron chi connectivity index (χ1n) is 6.96. The molecule has 112 valence electrons. The normalized spacial score (nSPS) is 12.2. The van der Waals surface area contributed by atoms with E-state index in [1.54, 1.807) is 0 Å². The van der Waals surface area contributed by atoms with Crippen molar-refractivity contribution in [3.05, 3.63) is 63.1 Å². The fourth-order valence-corrected chi connectivity index (χ4v) is 3.08. The number of nitrogens with zero attached hydrogens (tertiary/aromatic N) is 1. The van der Waals surface area contributed by atoms with Gasteiger partial charge in [-0.2, -0.15) is 0 Å². The van der Waals surface area contributed by atoms with E-state index in [0.29, 0.717) is 0 Å². The van der Waals surface area contributed by atoms with Gasteiger partial charge in [-0.25, -0.2) is 0 Å². The van der Waals surface area contributed by atoms with Crippen LogP contribution in [0.2, 0.25) is 5.02 Å². The summed E-state index contributed by atoms with van der Waals surface area (Å²) >= 11 is 10.0. The molecule has 2 aromatic rings. The van der Waals surface area contributed by atoms with E-state index in [1.807, 2.05) is 32.2 Å². The molecule has 2 rings (SSSR count). The van der Waals surface area contributed by atoms with E-state index >= 15 is 0 Å². The van der Waals surface area contributed by atoms with Crippen LogP contribution < -0.4 is 10.6 Å². The Bertz CT molecular complexity index is 613. The van der Waals surface area contributed by atoms with Crippen molar-refractivity contribution >= 4 is 33.2 Å². The summed E-state index contributed by atoms with van der Waals surface area (Å²) in [6.45, 7) is 2.80. The molecule has 1 unspecified atom stereocenters. The molecule has 0 aliphatic carbocycles. The van der Waals surface area contributed by atoms with Crippen LogP contribution in [0, 0.1) is 0 Å². The van der Waals surface area contributed by atoms with E-state index in [1.165, 1.54) is 11.1 Å². The lowest BCUT2D eigenvalue weighted by molar-refractivity contribution is 0.738. The average molecular weight is 368 g/mol. The lowest BCUT2D eigenvalue weighted by Gasteiger charge is -2.22. The summed E-state index contributed by atoms with van der Waals surface area (Å²) in [5, 5.41) is 0.766. The molecular formula is C17H20BrClN2. The van der Waals surface area contributed by atoms with Gasteiger partial charge in [-0.05, 0) is 42.7 Å². The molecule has 0 heterocycles. The van der Waals surface area contributed by atoms with Gasteiger partial charge < -0.3 is 10.6 Å². The number of hydrogen-bond acceptors (Lipinski definition) is 2. The summed E-state index contributed by atoms with van der Waals surface area (Å²) in [4.78, 5) is 2.15. The highest BCUT2D eigenvalue weighted by molar-refractivity contribution is 9.10. The minimum atomic E-state index is 0.143. The fraction of sp³-hybridized carbons (Fsp3) is 0.294. The molecule has 0 spiro atoms. The Morgan fingerprint density at radius 2 is 1.95 bits per heavy atom. The van der Waals surface area contributed by atoms with Gasteiger partial charge in [0.05, 0.1) is 10.7 Å². The minimum Gasteiger partial charge on any atom is -0.369 e. The SMILES string of the molecule is CC(N)Cc1ccc(N(C)Cc2ccccc2Br)c(Cl)c1. The number of anilines is 1. The summed E-state index contributed by atoms with van der Waals surface area (Å²) in [7, 11) is 2.05. The fourth-order valence-electron chi connectivity index (χ4n) is 2.33. The molecule has 0 fully saturated rings. The highest BCUT2D eigenvalue weighted by Crippen LogP contribution is 2.28. The predicted molar refractivity (Wildman–Crippen MR) is 95.1 cm³/mol. The largest absolute Gasteiger partial charge is 0.369 e. The molecule has 2 N–H and O–H groups in total. The Morgan fingerprint density at radius 1 is 1.24 bits per heavy atom. The minimum absolute atomic E-state index is 0.143. The van der Waals surface area contributed by atoms with Crippen LogP contribution in [0.15, 0.2) is 46.9 Å². The quantitative estimate of drug-likeness (QED) is 0.835. The molecule has 0 radical (unpaired) electrons. The van der Waals surface area contributed by atoms with Gasteiger partial charge in [0.2, 0.25) is 0 Å². The van der Waals surface area contributed by atoms with Gasteiger partial charge >= 0.3 is 0 Å². The Labute approximate surface area is 140 Å². The Kier molecular flexibility index (Phi) is 5.68. The third-order valence-corrected chi connectivity index (χ3v) is 4.42. The predicted octanol–water partition coefficient (Wildman–Crippen LogP) is 4.63. The Balaban J connectivity index is 2.16. The van der Waals surface area contributed by atoms with Crippen molar-refractivity contribution in [3.8, 4) is 0 Å². The molecule has 2 nitrogen and oxygen atoms in total. The number of nitrogens with two attached hydrogens (primary N) is 1. The molecule has 0 aliphatic rings. The van der Waals surface area contributed by atoms with E-state index in [9.17, 15) is 0 Å². The summed E-state index contributed by atoms with van der Waals surface area (Å²) < 4.78 is 1.11. The van der Waals surface area contributed by atoms with E-state index < -0.39 is 0 Å². The van der Waals surface area contributed by atoms with Crippen molar-refractivity contribution in [2.75, 3.05) is 11.9 Å². The number of halogens is 2. The maximum Gasteiger partial charge on any atom is 0.0642 e. The van der Waals surface area contributed by atoms with Crippen LogP contribution in [-0.4, -0.2) is 13.1 Å². The first kappa shape index (κ1) is 16.3. The molecule has 21 heavy (non-hydrogen) atoms. The van der Waals surface area contributed by atoms with Crippen molar-refractivity contribution in [1.82, 2.24) is 0 Å². The van der Waals surface area contributed by atoms with Crippen LogP contribution in [0.4, 0.5) is 5.69 Å². The first-order valence-corrected chi connectivity index (χ1v) is 8.13. The van der Waals surface area contributed by atoms with Gasteiger partial charge in [0.1, 0.15) is 0 Å². The molecule has 4 heteroatoms. The van der Waals surface area contributed by atoms with Crippen molar-refractivity contribution < 1.29 is 0 Å². The smallest absolute Gasteiger partial charge is 0.0642 e. The van der Waals surface area contributed by atoms with Gasteiger partial charge in [0, 0.05) is 24.1 Å². The molecule has 0 aromatic heterocycles. The summed E-state index contributed by atoms with van der Waals surface area (Å²) in [6, 6.07) is 14.5. The number of hydrogen-bond donors (Lipinski definition) is 1. The Morgan fingerprint density at radius 3 is 2.57 bits per heavy atom. The molecule has 0 saturated heterocycles. The van der Waals surface area contributed by atoms with Crippen molar-refractivity contribution in [2.24, 2.45) is 5.73 Å².